The summed E-state index contributed by atoms with van der Waals surface area (Å²) in [5, 5.41) is 0. The monoisotopic (exact) mass is 446 g/mol. The summed E-state index contributed by atoms with van der Waals surface area (Å²) in [4.78, 5) is 0. The fraction of sp³-hybridized carbons (Fsp3) is 0.241. The lowest BCUT2D eigenvalue weighted by Crippen LogP contribution is -2.17. The molecule has 1 aliphatic rings. The summed E-state index contributed by atoms with van der Waals surface area (Å²) in [5.74, 6) is 8.58. The highest BCUT2D eigenvalue weighted by molar-refractivity contribution is 5.50. The third kappa shape index (κ3) is 5.29. The Bertz CT molecular complexity index is 1300. The van der Waals surface area contributed by atoms with Crippen molar-refractivity contribution < 1.29 is 17.6 Å². The summed E-state index contributed by atoms with van der Waals surface area (Å²) in [6.45, 7) is 2.13. The van der Waals surface area contributed by atoms with Gasteiger partial charge in [0.25, 0.3) is 0 Å². The molecule has 0 saturated heterocycles. The zero-order chi connectivity index (χ0) is 23.4. The van der Waals surface area contributed by atoms with Crippen LogP contribution < -0.4 is 0 Å². The van der Waals surface area contributed by atoms with Crippen LogP contribution in [0.5, 0.6) is 0 Å². The fourth-order valence-corrected chi connectivity index (χ4v) is 4.18. The molecule has 0 saturated carbocycles. The molecule has 1 unspecified atom stereocenters. The van der Waals surface area contributed by atoms with Crippen LogP contribution >= 0.6 is 0 Å². The first-order valence-corrected chi connectivity index (χ1v) is 11.0. The summed E-state index contributed by atoms with van der Waals surface area (Å²) in [5.41, 5.74) is 2.77. The van der Waals surface area contributed by atoms with Crippen molar-refractivity contribution in [1.82, 2.24) is 0 Å². The molecule has 0 aromatic heterocycles. The molecule has 4 heteroatoms. The predicted molar refractivity (Wildman–Crippen MR) is 122 cm³/mol. The van der Waals surface area contributed by atoms with Crippen LogP contribution in [0.25, 0.3) is 0 Å². The topological polar surface area (TPSA) is 0 Å². The largest absolute Gasteiger partial charge is 0.206 e. The molecule has 0 bridgehead atoms. The van der Waals surface area contributed by atoms with Gasteiger partial charge in [0.1, 0.15) is 11.6 Å². The molecule has 3 aromatic rings. The quantitative estimate of drug-likeness (QED) is 0.295. The van der Waals surface area contributed by atoms with Gasteiger partial charge in [0.2, 0.25) is 0 Å². The lowest BCUT2D eigenvalue weighted by Gasteiger charge is -2.25. The van der Waals surface area contributed by atoms with Crippen molar-refractivity contribution in [3.63, 3.8) is 0 Å². The lowest BCUT2D eigenvalue weighted by atomic mass is 9.81. The summed E-state index contributed by atoms with van der Waals surface area (Å²) in [6.07, 6.45) is 4.41. The zero-order valence-electron chi connectivity index (χ0n) is 18.2. The van der Waals surface area contributed by atoms with Gasteiger partial charge in [0, 0.05) is 16.7 Å². The van der Waals surface area contributed by atoms with Crippen LogP contribution in [0.2, 0.25) is 0 Å². The smallest absolute Gasteiger partial charge is 0.160 e. The molecule has 0 nitrogen and oxygen atoms in total. The van der Waals surface area contributed by atoms with E-state index in [1.54, 1.807) is 24.3 Å². The molecule has 166 valence electrons. The summed E-state index contributed by atoms with van der Waals surface area (Å²) in [6, 6.07) is 11.7. The normalized spacial score (nSPS) is 14.5. The van der Waals surface area contributed by atoms with Gasteiger partial charge in [-0.2, -0.15) is 0 Å². The fourth-order valence-electron chi connectivity index (χ4n) is 4.18. The van der Waals surface area contributed by atoms with Gasteiger partial charge in [-0.25, -0.2) is 17.6 Å². The highest BCUT2D eigenvalue weighted by Gasteiger charge is 2.24. The van der Waals surface area contributed by atoms with Crippen LogP contribution in [-0.4, -0.2) is 0 Å². The van der Waals surface area contributed by atoms with E-state index < -0.39 is 23.3 Å². The highest BCUT2D eigenvalue weighted by Crippen LogP contribution is 2.32. The number of rotatable bonds is 2. The van der Waals surface area contributed by atoms with Gasteiger partial charge in [-0.15, -0.1) is 0 Å². The van der Waals surface area contributed by atoms with Gasteiger partial charge in [-0.05, 0) is 84.8 Å². The first-order valence-electron chi connectivity index (χ1n) is 11.0. The Hall–Kier alpha value is -3.50. The highest BCUT2D eigenvalue weighted by atomic mass is 19.2. The molecule has 0 N–H and O–H groups in total. The predicted octanol–water partition coefficient (Wildman–Crippen LogP) is 6.95. The number of halogens is 4. The molecular weight excluding hydrogens is 424 g/mol. The summed E-state index contributed by atoms with van der Waals surface area (Å²) < 4.78 is 55.9. The van der Waals surface area contributed by atoms with Crippen LogP contribution in [0.1, 0.15) is 59.6 Å². The van der Waals surface area contributed by atoms with Crippen LogP contribution in [-0.2, 0) is 12.8 Å². The van der Waals surface area contributed by atoms with Gasteiger partial charge in [-0.1, -0.05) is 43.4 Å². The Balaban J connectivity index is 1.52. The second-order valence-corrected chi connectivity index (χ2v) is 8.29. The van der Waals surface area contributed by atoms with E-state index in [1.807, 2.05) is 0 Å². The third-order valence-electron chi connectivity index (χ3n) is 5.91. The maximum Gasteiger partial charge on any atom is 0.160 e. The van der Waals surface area contributed by atoms with Gasteiger partial charge in [0.05, 0.1) is 5.56 Å². The maximum absolute atomic E-state index is 15.0. The summed E-state index contributed by atoms with van der Waals surface area (Å²) >= 11 is 0. The van der Waals surface area contributed by atoms with Gasteiger partial charge in [0.15, 0.2) is 11.6 Å². The SMILES string of the molecule is CCCC1CCc2c(cc(F)c(C#Cc3ccc(C#Cc4ccc(F)c(F)c4)cc3)c2F)C1. The molecule has 33 heavy (non-hydrogen) atoms. The number of hydrogen-bond acceptors (Lipinski definition) is 0. The Labute approximate surface area is 191 Å². The average Bonchev–Trinajstić information content (AvgIpc) is 2.80. The van der Waals surface area contributed by atoms with Crippen molar-refractivity contribution in [1.29, 1.82) is 0 Å². The Kier molecular flexibility index (Phi) is 6.85. The van der Waals surface area contributed by atoms with E-state index in [0.717, 1.165) is 43.4 Å². The molecule has 1 atom stereocenters. The maximum atomic E-state index is 15.0. The van der Waals surface area contributed by atoms with E-state index in [-0.39, 0.29) is 5.56 Å². The number of hydrogen-bond donors (Lipinski definition) is 0. The first-order chi connectivity index (χ1) is 15.9. The minimum Gasteiger partial charge on any atom is -0.206 e. The van der Waals surface area contributed by atoms with Crippen LogP contribution in [0.3, 0.4) is 0 Å². The minimum atomic E-state index is -0.949. The van der Waals surface area contributed by atoms with E-state index >= 15 is 0 Å². The molecule has 4 rings (SSSR count). The van der Waals surface area contributed by atoms with Crippen molar-refractivity contribution in [3.8, 4) is 23.7 Å². The molecule has 0 spiro atoms. The van der Waals surface area contributed by atoms with Crippen molar-refractivity contribution >= 4 is 0 Å². The van der Waals surface area contributed by atoms with E-state index in [9.17, 15) is 17.6 Å². The minimum absolute atomic E-state index is 0.190. The molecule has 1 aliphatic carbocycles. The number of fused-ring (bicyclic) bond motifs is 1. The Morgan fingerprint density at radius 1 is 0.758 bits per heavy atom. The van der Waals surface area contributed by atoms with E-state index in [2.05, 4.69) is 30.6 Å². The van der Waals surface area contributed by atoms with E-state index in [1.165, 1.54) is 12.1 Å². The zero-order valence-corrected chi connectivity index (χ0v) is 18.2. The van der Waals surface area contributed by atoms with E-state index in [0.29, 0.717) is 34.6 Å². The molecule has 3 aromatic carbocycles. The molecule has 0 radical (unpaired) electrons. The van der Waals surface area contributed by atoms with Crippen LogP contribution in [0.4, 0.5) is 17.6 Å². The second-order valence-electron chi connectivity index (χ2n) is 8.29. The van der Waals surface area contributed by atoms with Crippen molar-refractivity contribution in [3.05, 3.63) is 105 Å². The van der Waals surface area contributed by atoms with Gasteiger partial charge in [-0.3, -0.25) is 0 Å². The Morgan fingerprint density at radius 2 is 1.39 bits per heavy atom. The van der Waals surface area contributed by atoms with Gasteiger partial charge >= 0.3 is 0 Å². The van der Waals surface area contributed by atoms with Crippen LogP contribution in [0, 0.1) is 52.9 Å². The van der Waals surface area contributed by atoms with Crippen molar-refractivity contribution in [2.45, 2.75) is 39.0 Å². The molecule has 0 heterocycles. The van der Waals surface area contributed by atoms with E-state index in [4.69, 9.17) is 0 Å². The number of benzene rings is 3. The molecule has 0 aliphatic heterocycles. The summed E-state index contributed by atoms with van der Waals surface area (Å²) in [7, 11) is 0. The molecule has 0 amide bonds. The first kappa shape index (κ1) is 22.7. The third-order valence-corrected chi connectivity index (χ3v) is 5.91. The van der Waals surface area contributed by atoms with Crippen molar-refractivity contribution in [2.75, 3.05) is 0 Å². The van der Waals surface area contributed by atoms with Gasteiger partial charge < -0.3 is 0 Å². The standard InChI is InChI=1S/C29H22F4/c1-2-3-21-11-13-24-23(16-21)18-27(31)25(29(24)33)14-10-20-6-4-19(5-7-20)8-9-22-12-15-26(30)28(32)17-22/h4-7,12,15,17-18,21H,2-3,11,13,16H2,1H3. The van der Waals surface area contributed by atoms with Crippen LogP contribution in [0.15, 0.2) is 48.5 Å². The second kappa shape index (κ2) is 9.97. The molecular formula is C29H22F4. The Morgan fingerprint density at radius 3 is 2.06 bits per heavy atom. The lowest BCUT2D eigenvalue weighted by molar-refractivity contribution is 0.411. The average molecular weight is 446 g/mol. The van der Waals surface area contributed by atoms with Crippen molar-refractivity contribution in [2.24, 2.45) is 5.92 Å². The molecule has 0 fully saturated rings.